The summed E-state index contributed by atoms with van der Waals surface area (Å²) in [5, 5.41) is 0.800. The van der Waals surface area contributed by atoms with E-state index >= 15 is 0 Å². The van der Waals surface area contributed by atoms with Crippen LogP contribution in [0.4, 0.5) is 0 Å². The first kappa shape index (κ1) is 19.2. The maximum atomic E-state index is 11.7. The van der Waals surface area contributed by atoms with Gasteiger partial charge in [-0.2, -0.15) is 0 Å². The molecule has 7 nitrogen and oxygen atoms in total. The zero-order chi connectivity index (χ0) is 19.3. The molecule has 2 saturated heterocycles. The van der Waals surface area contributed by atoms with Crippen molar-refractivity contribution in [3.63, 3.8) is 0 Å². The van der Waals surface area contributed by atoms with Crippen LogP contribution in [0.1, 0.15) is 32.1 Å². The number of ether oxygens (including phenoxy) is 3. The first-order chi connectivity index (χ1) is 13.7. The van der Waals surface area contributed by atoms with Crippen LogP contribution in [0.3, 0.4) is 0 Å². The fourth-order valence-electron chi connectivity index (χ4n) is 3.96. The summed E-state index contributed by atoms with van der Waals surface area (Å²) in [6.07, 6.45) is 6.92. The summed E-state index contributed by atoms with van der Waals surface area (Å²) in [6.45, 7) is 4.43. The molecular formula is C21H29N3O4. The minimum absolute atomic E-state index is 0.110. The molecule has 0 bridgehead atoms. The third-order valence-corrected chi connectivity index (χ3v) is 5.76. The lowest BCUT2D eigenvalue weighted by molar-refractivity contribution is 0.0261. The highest BCUT2D eigenvalue weighted by atomic mass is 16.5. The largest absolute Gasteiger partial charge is 0.493 e. The van der Waals surface area contributed by atoms with E-state index in [1.807, 2.05) is 12.1 Å². The molecule has 0 saturated carbocycles. The average Bonchev–Trinajstić information content (AvgIpc) is 2.70. The summed E-state index contributed by atoms with van der Waals surface area (Å²) in [5.74, 6) is 2.16. The topological polar surface area (TPSA) is 76.7 Å². The molecule has 2 aromatic rings. The van der Waals surface area contributed by atoms with Crippen LogP contribution in [0.25, 0.3) is 10.9 Å². The molecule has 0 spiro atoms. The Balaban J connectivity index is 1.46. The summed E-state index contributed by atoms with van der Waals surface area (Å²) in [6, 6.07) is 3.79. The smallest absolute Gasteiger partial charge is 0.345 e. The summed E-state index contributed by atoms with van der Waals surface area (Å²) >= 11 is 0. The van der Waals surface area contributed by atoms with Crippen LogP contribution in [-0.2, 0) is 4.74 Å². The Morgan fingerprint density at radius 2 is 2.00 bits per heavy atom. The van der Waals surface area contributed by atoms with Gasteiger partial charge in [0.1, 0.15) is 17.6 Å². The van der Waals surface area contributed by atoms with E-state index in [9.17, 15) is 4.79 Å². The van der Waals surface area contributed by atoms with Gasteiger partial charge in [-0.1, -0.05) is 0 Å². The Hall–Kier alpha value is -2.12. The lowest BCUT2D eigenvalue weighted by Crippen LogP contribution is -2.30. The van der Waals surface area contributed by atoms with E-state index in [0.29, 0.717) is 31.1 Å². The maximum absolute atomic E-state index is 11.7. The molecule has 2 aliphatic heterocycles. The normalized spacial score (nSPS) is 19.8. The number of likely N-dealkylation sites (tertiary alicyclic amines) is 1. The molecule has 0 amide bonds. The maximum Gasteiger partial charge on any atom is 0.345 e. The molecule has 28 heavy (non-hydrogen) atoms. The van der Waals surface area contributed by atoms with Crippen molar-refractivity contribution in [2.75, 3.05) is 40.0 Å². The molecule has 1 aromatic carbocycles. The Bertz CT molecular complexity index is 839. The van der Waals surface area contributed by atoms with Gasteiger partial charge in [-0.25, -0.2) is 9.78 Å². The average molecular weight is 387 g/mol. The predicted molar refractivity (Wildman–Crippen MR) is 107 cm³/mol. The van der Waals surface area contributed by atoms with Crippen molar-refractivity contribution >= 4 is 10.9 Å². The standard InChI is InChI=1S/C21H29N3O4/c1-24-7-2-15(3-8-24)4-11-27-17-12-19-18(14-22-21(25)23-19)20(13-17)28-16-5-9-26-10-6-16/h12-16H,2-11H2,1H3,(H,22,23,25). The number of hydrogen-bond donors (Lipinski definition) is 1. The number of hydrogen-bond acceptors (Lipinski definition) is 6. The van der Waals surface area contributed by atoms with Crippen LogP contribution in [0.5, 0.6) is 11.5 Å². The van der Waals surface area contributed by atoms with Gasteiger partial charge in [0.05, 0.1) is 30.7 Å². The molecular weight excluding hydrogens is 358 g/mol. The molecule has 152 valence electrons. The number of nitrogens with one attached hydrogen (secondary N) is 1. The van der Waals surface area contributed by atoms with Crippen molar-refractivity contribution in [2.45, 2.75) is 38.2 Å². The molecule has 1 N–H and O–H groups in total. The zero-order valence-corrected chi connectivity index (χ0v) is 16.5. The van der Waals surface area contributed by atoms with Crippen molar-refractivity contribution < 1.29 is 14.2 Å². The Morgan fingerprint density at radius 1 is 1.21 bits per heavy atom. The summed E-state index contributed by atoms with van der Waals surface area (Å²) < 4.78 is 17.7. The van der Waals surface area contributed by atoms with Gasteiger partial charge in [-0.15, -0.1) is 0 Å². The fraction of sp³-hybridized carbons (Fsp3) is 0.619. The predicted octanol–water partition coefficient (Wildman–Crippen LogP) is 2.59. The quantitative estimate of drug-likeness (QED) is 0.821. The Kier molecular flexibility index (Phi) is 6.12. The minimum atomic E-state index is -0.368. The fourth-order valence-corrected chi connectivity index (χ4v) is 3.96. The molecule has 1 aromatic heterocycles. The van der Waals surface area contributed by atoms with Crippen LogP contribution in [0.15, 0.2) is 23.1 Å². The highest BCUT2D eigenvalue weighted by Gasteiger charge is 2.19. The van der Waals surface area contributed by atoms with Crippen molar-refractivity contribution in [1.29, 1.82) is 0 Å². The van der Waals surface area contributed by atoms with Crippen LogP contribution < -0.4 is 15.2 Å². The number of aromatic amines is 1. The van der Waals surface area contributed by atoms with E-state index < -0.39 is 0 Å². The van der Waals surface area contributed by atoms with Crippen molar-refractivity contribution in [2.24, 2.45) is 5.92 Å². The van der Waals surface area contributed by atoms with Gasteiger partial charge >= 0.3 is 5.69 Å². The van der Waals surface area contributed by atoms with Crippen LogP contribution in [-0.4, -0.2) is 60.9 Å². The molecule has 0 atom stereocenters. The van der Waals surface area contributed by atoms with Crippen molar-refractivity contribution in [3.05, 3.63) is 28.8 Å². The number of nitrogens with zero attached hydrogens (tertiary/aromatic N) is 2. The molecule has 0 unspecified atom stereocenters. The van der Waals surface area contributed by atoms with E-state index in [4.69, 9.17) is 14.2 Å². The number of benzene rings is 1. The molecule has 2 fully saturated rings. The van der Waals surface area contributed by atoms with Gasteiger partial charge in [0.2, 0.25) is 0 Å². The highest BCUT2D eigenvalue weighted by Crippen LogP contribution is 2.31. The number of piperidine rings is 1. The molecule has 4 rings (SSSR count). The molecule has 3 heterocycles. The highest BCUT2D eigenvalue weighted by molar-refractivity contribution is 5.85. The molecule has 2 aliphatic rings. The molecule has 0 aliphatic carbocycles. The van der Waals surface area contributed by atoms with Crippen LogP contribution in [0.2, 0.25) is 0 Å². The van der Waals surface area contributed by atoms with Gasteiger partial charge < -0.3 is 24.1 Å². The van der Waals surface area contributed by atoms with E-state index in [2.05, 4.69) is 21.9 Å². The summed E-state index contributed by atoms with van der Waals surface area (Å²) in [5.41, 5.74) is 0.326. The van der Waals surface area contributed by atoms with Gasteiger partial charge in [0.25, 0.3) is 0 Å². The van der Waals surface area contributed by atoms with Crippen LogP contribution >= 0.6 is 0 Å². The first-order valence-electron chi connectivity index (χ1n) is 10.3. The van der Waals surface area contributed by atoms with E-state index in [1.165, 1.54) is 12.8 Å². The minimum Gasteiger partial charge on any atom is -0.493 e. The second kappa shape index (κ2) is 8.92. The Labute approximate surface area is 165 Å². The van der Waals surface area contributed by atoms with Gasteiger partial charge in [-0.05, 0) is 45.3 Å². The van der Waals surface area contributed by atoms with Gasteiger partial charge in [-0.3, -0.25) is 0 Å². The van der Waals surface area contributed by atoms with E-state index in [1.54, 1.807) is 6.20 Å². The number of aromatic nitrogens is 2. The van der Waals surface area contributed by atoms with E-state index in [0.717, 1.165) is 49.4 Å². The number of rotatable bonds is 6. The third-order valence-electron chi connectivity index (χ3n) is 5.76. The monoisotopic (exact) mass is 387 g/mol. The molecule has 0 radical (unpaired) electrons. The SMILES string of the molecule is CN1CCC(CCOc2cc(OC3CCOCC3)c3cnc(=O)[nH]c3c2)CC1. The zero-order valence-electron chi connectivity index (χ0n) is 16.5. The van der Waals surface area contributed by atoms with Crippen molar-refractivity contribution in [3.8, 4) is 11.5 Å². The second-order valence-electron chi connectivity index (χ2n) is 7.88. The Morgan fingerprint density at radius 3 is 2.79 bits per heavy atom. The number of fused-ring (bicyclic) bond motifs is 1. The second-order valence-corrected chi connectivity index (χ2v) is 7.88. The third kappa shape index (κ3) is 4.83. The van der Waals surface area contributed by atoms with Gasteiger partial charge in [0.15, 0.2) is 0 Å². The summed E-state index contributed by atoms with van der Waals surface area (Å²) in [7, 11) is 2.18. The lowest BCUT2D eigenvalue weighted by atomic mass is 9.94. The van der Waals surface area contributed by atoms with Crippen molar-refractivity contribution in [1.82, 2.24) is 14.9 Å². The summed E-state index contributed by atoms with van der Waals surface area (Å²) in [4.78, 5) is 20.7. The number of H-pyrrole nitrogens is 1. The lowest BCUT2D eigenvalue weighted by Gasteiger charge is -2.28. The molecule has 7 heteroatoms. The van der Waals surface area contributed by atoms with Gasteiger partial charge in [0, 0.05) is 31.2 Å². The van der Waals surface area contributed by atoms with Crippen LogP contribution in [0, 0.1) is 5.92 Å². The first-order valence-corrected chi connectivity index (χ1v) is 10.3. The van der Waals surface area contributed by atoms with E-state index in [-0.39, 0.29) is 11.8 Å².